The van der Waals surface area contributed by atoms with Gasteiger partial charge in [0.25, 0.3) is 0 Å². The van der Waals surface area contributed by atoms with Crippen molar-refractivity contribution in [2.24, 2.45) is 14.1 Å². The molecular formula is C44H43ClF4N10O2. The molecule has 0 amide bonds. The van der Waals surface area contributed by atoms with Crippen LogP contribution in [0.5, 0.6) is 11.5 Å². The molecule has 0 saturated heterocycles. The normalized spacial score (nSPS) is 10.9. The summed E-state index contributed by atoms with van der Waals surface area (Å²) in [5, 5.41) is 15.5. The van der Waals surface area contributed by atoms with Gasteiger partial charge in [-0.05, 0) is 85.6 Å². The Morgan fingerprint density at radius 1 is 0.541 bits per heavy atom. The lowest BCUT2D eigenvalue weighted by molar-refractivity contribution is 0.386. The van der Waals surface area contributed by atoms with E-state index in [1.807, 2.05) is 14.1 Å². The van der Waals surface area contributed by atoms with E-state index >= 15 is 0 Å². The summed E-state index contributed by atoms with van der Waals surface area (Å²) in [4.78, 5) is 18.7. The lowest BCUT2D eigenvalue weighted by atomic mass is 10.2. The van der Waals surface area contributed by atoms with Gasteiger partial charge in [-0.2, -0.15) is 10.2 Å². The molecule has 2 N–H and O–H groups in total. The summed E-state index contributed by atoms with van der Waals surface area (Å²) in [5.41, 5.74) is 6.92. The number of methoxy groups -OCH3 is 2. The van der Waals surface area contributed by atoms with Crippen LogP contribution in [0.1, 0.15) is 38.1 Å². The number of rotatable bonds is 12. The second-order valence-electron chi connectivity index (χ2n) is 13.8. The molecule has 4 aromatic heterocycles. The molecule has 0 aliphatic rings. The number of hydrogen-bond acceptors (Lipinski definition) is 10. The van der Waals surface area contributed by atoms with Gasteiger partial charge in [-0.1, -0.05) is 26.7 Å². The van der Waals surface area contributed by atoms with E-state index in [2.05, 4.69) is 44.6 Å². The van der Waals surface area contributed by atoms with Gasteiger partial charge >= 0.3 is 0 Å². The Balaban J connectivity index is 0.000000201. The highest BCUT2D eigenvalue weighted by Crippen LogP contribution is 2.33. The molecule has 0 radical (unpaired) electrons. The summed E-state index contributed by atoms with van der Waals surface area (Å²) in [6.45, 7) is 4.14. The summed E-state index contributed by atoms with van der Waals surface area (Å²) in [6.07, 6.45) is 3.34. The Labute approximate surface area is 355 Å². The number of nitrogens with zero attached hydrogens (tertiary/aromatic N) is 8. The van der Waals surface area contributed by atoms with Crippen molar-refractivity contribution >= 4 is 57.5 Å². The van der Waals surface area contributed by atoms with Gasteiger partial charge in [0.2, 0.25) is 0 Å². The molecule has 61 heavy (non-hydrogen) atoms. The van der Waals surface area contributed by atoms with Gasteiger partial charge in [0.05, 0.1) is 25.6 Å². The van der Waals surface area contributed by atoms with Crippen molar-refractivity contribution in [2.75, 3.05) is 24.9 Å². The van der Waals surface area contributed by atoms with E-state index in [1.165, 1.54) is 50.6 Å². The number of ether oxygens (including phenoxy) is 2. The zero-order chi connectivity index (χ0) is 42.5. The quantitative estimate of drug-likeness (QED) is 0.115. The van der Waals surface area contributed by atoms with Crippen molar-refractivity contribution in [3.05, 3.63) is 120 Å². The van der Waals surface area contributed by atoms with Crippen LogP contribution >= 0.6 is 12.4 Å². The number of aryl methyl sites for hydroxylation is 4. The Hall–Kier alpha value is -6.81. The van der Waals surface area contributed by atoms with Gasteiger partial charge in [0.1, 0.15) is 33.7 Å². The van der Waals surface area contributed by atoms with Crippen LogP contribution in [-0.2, 0) is 26.9 Å². The Morgan fingerprint density at radius 2 is 0.918 bits per heavy atom. The van der Waals surface area contributed by atoms with Gasteiger partial charge in [0.15, 0.2) is 46.4 Å². The molecule has 0 bridgehead atoms. The molecule has 0 aliphatic carbocycles. The smallest absolute Gasteiger partial charge is 0.167 e. The average molecular weight is 855 g/mol. The van der Waals surface area contributed by atoms with E-state index in [0.29, 0.717) is 67.9 Å². The zero-order valence-corrected chi connectivity index (χ0v) is 35.0. The largest absolute Gasteiger partial charge is 0.494 e. The highest BCUT2D eigenvalue weighted by molar-refractivity contribution is 5.92. The minimum Gasteiger partial charge on any atom is -0.494 e. The van der Waals surface area contributed by atoms with E-state index < -0.39 is 11.6 Å². The van der Waals surface area contributed by atoms with Crippen LogP contribution in [0.3, 0.4) is 0 Å². The van der Waals surface area contributed by atoms with Crippen molar-refractivity contribution in [3.63, 3.8) is 0 Å². The number of fused-ring (bicyclic) bond motifs is 2. The van der Waals surface area contributed by atoms with Crippen molar-refractivity contribution < 1.29 is 27.0 Å². The van der Waals surface area contributed by atoms with Crippen molar-refractivity contribution in [1.29, 1.82) is 0 Å². The number of hydrogen-bond donors (Lipinski definition) is 2. The molecule has 17 heteroatoms. The summed E-state index contributed by atoms with van der Waals surface area (Å²) < 4.78 is 68.5. The minimum atomic E-state index is -0.483. The molecule has 8 aromatic rings. The SMILES string of the molecule is CCCc1nn(C)c2c(Nc3ccc(OC)c(F)c3)nc(-c3ccc(F)cc3)nc12.CCCc1nn(C)c2c(Nc3ccc(OC)c(F)c3)nc(-c3ccc(F)cc3)nc12.Cl. The third kappa shape index (κ3) is 9.49. The molecule has 0 saturated carbocycles. The second kappa shape index (κ2) is 19.1. The minimum absolute atomic E-state index is 0. The van der Waals surface area contributed by atoms with Gasteiger partial charge in [-0.15, -0.1) is 12.4 Å². The molecule has 4 aromatic carbocycles. The first-order valence-corrected chi connectivity index (χ1v) is 19.2. The maximum absolute atomic E-state index is 14.2. The third-order valence-electron chi connectivity index (χ3n) is 9.51. The van der Waals surface area contributed by atoms with Crippen LogP contribution in [0.4, 0.5) is 40.6 Å². The first-order chi connectivity index (χ1) is 29.0. The molecule has 12 nitrogen and oxygen atoms in total. The first kappa shape index (κ1) is 43.8. The summed E-state index contributed by atoms with van der Waals surface area (Å²) in [6, 6.07) is 21.2. The topological polar surface area (TPSA) is 130 Å². The van der Waals surface area contributed by atoms with Gasteiger partial charge in [0, 0.05) is 48.7 Å². The van der Waals surface area contributed by atoms with Crippen LogP contribution in [0.2, 0.25) is 0 Å². The van der Waals surface area contributed by atoms with E-state index in [9.17, 15) is 17.6 Å². The third-order valence-corrected chi connectivity index (χ3v) is 9.51. The monoisotopic (exact) mass is 854 g/mol. The molecule has 8 rings (SSSR count). The fourth-order valence-corrected chi connectivity index (χ4v) is 6.68. The average Bonchev–Trinajstić information content (AvgIpc) is 3.73. The Bertz CT molecular complexity index is 2610. The lowest BCUT2D eigenvalue weighted by Gasteiger charge is -2.11. The fraction of sp³-hybridized carbons (Fsp3) is 0.227. The molecule has 316 valence electrons. The van der Waals surface area contributed by atoms with E-state index in [1.54, 1.807) is 57.9 Å². The van der Waals surface area contributed by atoms with Crippen LogP contribution in [-0.4, -0.2) is 53.7 Å². The predicted molar refractivity (Wildman–Crippen MR) is 231 cm³/mol. The maximum Gasteiger partial charge on any atom is 0.167 e. The highest BCUT2D eigenvalue weighted by Gasteiger charge is 2.20. The fourth-order valence-electron chi connectivity index (χ4n) is 6.68. The summed E-state index contributed by atoms with van der Waals surface area (Å²) in [5.74, 6) is 0.528. The number of halogens is 5. The predicted octanol–water partition coefficient (Wildman–Crippen LogP) is 10.4. The van der Waals surface area contributed by atoms with Crippen LogP contribution in [0, 0.1) is 23.3 Å². The van der Waals surface area contributed by atoms with Gasteiger partial charge < -0.3 is 20.1 Å². The van der Waals surface area contributed by atoms with Crippen LogP contribution in [0.25, 0.3) is 44.8 Å². The maximum atomic E-state index is 14.2. The summed E-state index contributed by atoms with van der Waals surface area (Å²) in [7, 11) is 6.48. The van der Waals surface area contributed by atoms with Gasteiger partial charge in [-0.25, -0.2) is 37.5 Å². The second-order valence-corrected chi connectivity index (χ2v) is 13.8. The molecule has 0 spiro atoms. The van der Waals surface area contributed by atoms with Crippen molar-refractivity contribution in [3.8, 4) is 34.3 Å². The number of aromatic nitrogens is 8. The van der Waals surface area contributed by atoms with Crippen LogP contribution in [0.15, 0.2) is 84.9 Å². The van der Waals surface area contributed by atoms with Crippen LogP contribution < -0.4 is 20.1 Å². The van der Waals surface area contributed by atoms with Crippen molar-refractivity contribution in [2.45, 2.75) is 39.5 Å². The van der Waals surface area contributed by atoms with E-state index in [0.717, 1.165) is 37.1 Å². The van der Waals surface area contributed by atoms with Gasteiger partial charge in [-0.3, -0.25) is 9.36 Å². The van der Waals surface area contributed by atoms with E-state index in [-0.39, 0.29) is 35.5 Å². The number of anilines is 4. The molecule has 0 atom stereocenters. The molecule has 0 aliphatic heterocycles. The molecule has 0 unspecified atom stereocenters. The zero-order valence-electron chi connectivity index (χ0n) is 34.2. The summed E-state index contributed by atoms with van der Waals surface area (Å²) >= 11 is 0. The first-order valence-electron chi connectivity index (χ1n) is 19.2. The highest BCUT2D eigenvalue weighted by atomic mass is 35.5. The molecule has 4 heterocycles. The molecule has 0 fully saturated rings. The number of nitrogens with one attached hydrogen (secondary N) is 2. The van der Waals surface area contributed by atoms with Crippen molar-refractivity contribution in [1.82, 2.24) is 39.5 Å². The standard InChI is InChI=1S/2C22H21F2N5O.ClH/c2*1-4-5-17-19-20(29(2)28-17)22(25-15-10-11-18(30-3)16(24)12-15)27-21(26-19)13-6-8-14(23)9-7-13;/h2*6-12H,4-5H2,1-3H3,(H,25,26,27);1H. The Kier molecular flexibility index (Phi) is 13.7. The Morgan fingerprint density at radius 3 is 1.25 bits per heavy atom. The molecular weight excluding hydrogens is 812 g/mol. The van der Waals surface area contributed by atoms with E-state index in [4.69, 9.17) is 19.4 Å². The number of benzene rings is 4. The lowest BCUT2D eigenvalue weighted by Crippen LogP contribution is -2.02.